The Morgan fingerprint density at radius 1 is 0.970 bits per heavy atom. The molecule has 0 saturated carbocycles. The lowest BCUT2D eigenvalue weighted by molar-refractivity contribution is 0.0246. The predicted molar refractivity (Wildman–Crippen MR) is 118 cm³/mol. The Hall–Kier alpha value is -2.80. The second-order valence-electron chi connectivity index (χ2n) is 8.27. The van der Waals surface area contributed by atoms with Crippen molar-refractivity contribution in [2.45, 2.75) is 45.1 Å². The highest BCUT2D eigenvalue weighted by Crippen LogP contribution is 2.43. The number of rotatable bonds is 8. The van der Waals surface area contributed by atoms with E-state index in [9.17, 15) is 13.2 Å². The Morgan fingerprint density at radius 3 is 2.09 bits per heavy atom. The fourth-order valence-electron chi connectivity index (χ4n) is 4.31. The second kappa shape index (κ2) is 10.00. The lowest BCUT2D eigenvalue weighted by Crippen LogP contribution is -2.26. The van der Waals surface area contributed by atoms with Crippen molar-refractivity contribution < 1.29 is 31.8 Å². The van der Waals surface area contributed by atoms with Crippen LogP contribution >= 0.6 is 0 Å². The van der Waals surface area contributed by atoms with Crippen LogP contribution in [0, 0.1) is 23.3 Å². The highest BCUT2D eigenvalue weighted by atomic mass is 19.2. The molecule has 0 bridgehead atoms. The summed E-state index contributed by atoms with van der Waals surface area (Å²) < 4.78 is 75.9. The molecule has 1 heterocycles. The van der Waals surface area contributed by atoms with Crippen molar-refractivity contribution in [3.63, 3.8) is 0 Å². The summed E-state index contributed by atoms with van der Waals surface area (Å²) in [6.45, 7) is 6.13. The van der Waals surface area contributed by atoms with Crippen molar-refractivity contribution in [2.24, 2.45) is 0 Å². The molecule has 1 unspecified atom stereocenters. The van der Waals surface area contributed by atoms with Gasteiger partial charge in [0.05, 0.1) is 12.7 Å². The molecule has 0 amide bonds. The number of hydrogen-bond acceptors (Lipinski definition) is 3. The summed E-state index contributed by atoms with van der Waals surface area (Å²) in [4.78, 5) is 0. The van der Waals surface area contributed by atoms with Gasteiger partial charge in [-0.1, -0.05) is 32.1 Å². The van der Waals surface area contributed by atoms with Gasteiger partial charge in [0.25, 0.3) is 0 Å². The molecule has 0 N–H and O–H groups in total. The number of aryl methyl sites for hydroxylation is 2. The van der Waals surface area contributed by atoms with Crippen LogP contribution in [0.5, 0.6) is 11.5 Å². The van der Waals surface area contributed by atoms with Crippen LogP contribution in [0.1, 0.15) is 37.3 Å². The second-order valence-corrected chi connectivity index (χ2v) is 8.27. The van der Waals surface area contributed by atoms with Crippen molar-refractivity contribution in [3.8, 4) is 22.6 Å². The van der Waals surface area contributed by atoms with E-state index < -0.39 is 23.3 Å². The Morgan fingerprint density at radius 2 is 1.58 bits per heavy atom. The Bertz CT molecular complexity index is 1090. The summed E-state index contributed by atoms with van der Waals surface area (Å²) >= 11 is 0. The average Bonchev–Trinajstić information content (AvgIpc) is 2.82. The smallest absolute Gasteiger partial charge is 0.201 e. The van der Waals surface area contributed by atoms with Gasteiger partial charge < -0.3 is 14.2 Å². The van der Waals surface area contributed by atoms with E-state index in [-0.39, 0.29) is 41.9 Å². The number of hydrogen-bond donors (Lipinski definition) is 0. The molecule has 33 heavy (non-hydrogen) atoms. The quantitative estimate of drug-likeness (QED) is 0.333. The van der Waals surface area contributed by atoms with E-state index in [1.807, 2.05) is 0 Å². The molecule has 1 atom stereocenters. The molecule has 2 aliphatic rings. The molecule has 1 aliphatic heterocycles. The van der Waals surface area contributed by atoms with E-state index in [0.717, 1.165) is 12.8 Å². The molecule has 4 rings (SSSR count). The van der Waals surface area contributed by atoms with Gasteiger partial charge in [0, 0.05) is 11.1 Å². The maximum atomic E-state index is 15.1. The van der Waals surface area contributed by atoms with Gasteiger partial charge in [-0.3, -0.25) is 0 Å². The average molecular weight is 462 g/mol. The third-order valence-electron chi connectivity index (χ3n) is 5.95. The van der Waals surface area contributed by atoms with Gasteiger partial charge in [-0.25, -0.2) is 8.78 Å². The molecular weight excluding hydrogens is 436 g/mol. The van der Waals surface area contributed by atoms with Crippen molar-refractivity contribution in [2.75, 3.05) is 19.8 Å². The molecular formula is C26H26F4O3. The van der Waals surface area contributed by atoms with Gasteiger partial charge in [-0.05, 0) is 54.5 Å². The molecule has 0 aromatic heterocycles. The highest BCUT2D eigenvalue weighted by Gasteiger charge is 2.31. The van der Waals surface area contributed by atoms with Gasteiger partial charge in [-0.2, -0.15) is 8.78 Å². The minimum absolute atomic E-state index is 0.00413. The monoisotopic (exact) mass is 462 g/mol. The Balaban J connectivity index is 1.59. The first-order valence-corrected chi connectivity index (χ1v) is 11.1. The zero-order valence-electron chi connectivity index (χ0n) is 18.5. The molecule has 176 valence electrons. The fourth-order valence-corrected chi connectivity index (χ4v) is 4.31. The van der Waals surface area contributed by atoms with Crippen molar-refractivity contribution in [1.29, 1.82) is 0 Å². The number of halogens is 4. The summed E-state index contributed by atoms with van der Waals surface area (Å²) in [7, 11) is 0. The van der Waals surface area contributed by atoms with E-state index in [1.54, 1.807) is 0 Å². The van der Waals surface area contributed by atoms with Gasteiger partial charge in [0.2, 0.25) is 11.6 Å². The van der Waals surface area contributed by atoms with E-state index in [4.69, 9.17) is 14.2 Å². The number of fused-ring (bicyclic) bond motifs is 3. The first kappa shape index (κ1) is 23.4. The largest absolute Gasteiger partial charge is 0.488 e. The lowest BCUT2D eigenvalue weighted by atomic mass is 9.84. The third kappa shape index (κ3) is 4.64. The number of benzene rings is 2. The molecule has 3 nitrogen and oxygen atoms in total. The summed E-state index contributed by atoms with van der Waals surface area (Å²) in [5.74, 6) is -5.52. The normalized spacial score (nSPS) is 17.1. The van der Waals surface area contributed by atoms with Crippen molar-refractivity contribution in [3.05, 3.63) is 70.8 Å². The van der Waals surface area contributed by atoms with E-state index in [2.05, 4.69) is 19.6 Å². The van der Waals surface area contributed by atoms with Gasteiger partial charge >= 0.3 is 0 Å². The summed E-state index contributed by atoms with van der Waals surface area (Å²) in [5.41, 5.74) is 1.41. The highest BCUT2D eigenvalue weighted by molar-refractivity contribution is 5.76. The Labute approximate surface area is 190 Å². The molecule has 0 saturated heterocycles. The molecule has 0 radical (unpaired) electrons. The van der Waals surface area contributed by atoms with Gasteiger partial charge in [0.1, 0.15) is 13.2 Å². The molecule has 7 heteroatoms. The minimum atomic E-state index is -1.26. The first-order valence-electron chi connectivity index (χ1n) is 11.1. The van der Waals surface area contributed by atoms with Crippen LogP contribution < -0.4 is 9.47 Å². The number of ether oxygens (including phenoxy) is 3. The summed E-state index contributed by atoms with van der Waals surface area (Å²) in [6.07, 6.45) is 6.54. The molecule has 2 aromatic rings. The van der Waals surface area contributed by atoms with Gasteiger partial charge in [0.15, 0.2) is 23.1 Å². The minimum Gasteiger partial charge on any atom is -0.488 e. The van der Waals surface area contributed by atoms with Crippen LogP contribution in [0.3, 0.4) is 0 Å². The lowest BCUT2D eigenvalue weighted by Gasteiger charge is -2.25. The van der Waals surface area contributed by atoms with E-state index >= 15 is 4.39 Å². The summed E-state index contributed by atoms with van der Waals surface area (Å²) in [6, 6.07) is 2.71. The van der Waals surface area contributed by atoms with E-state index in [0.29, 0.717) is 37.0 Å². The first-order chi connectivity index (χ1) is 15.9. The zero-order chi connectivity index (χ0) is 23.5. The maximum Gasteiger partial charge on any atom is 0.201 e. The Kier molecular flexibility index (Phi) is 7.08. The van der Waals surface area contributed by atoms with Crippen LogP contribution in [0.2, 0.25) is 0 Å². The molecule has 0 spiro atoms. The van der Waals surface area contributed by atoms with Crippen molar-refractivity contribution in [1.82, 2.24) is 0 Å². The predicted octanol–water partition coefficient (Wildman–Crippen LogP) is 6.47. The van der Waals surface area contributed by atoms with Crippen LogP contribution in [0.4, 0.5) is 17.6 Å². The molecule has 2 aromatic carbocycles. The zero-order valence-corrected chi connectivity index (χ0v) is 18.5. The maximum absolute atomic E-state index is 15.1. The molecule has 1 aliphatic carbocycles. The fraction of sp³-hybridized carbons (Fsp3) is 0.385. The van der Waals surface area contributed by atoms with Gasteiger partial charge in [-0.15, -0.1) is 0 Å². The third-order valence-corrected chi connectivity index (χ3v) is 5.95. The van der Waals surface area contributed by atoms with E-state index in [1.165, 1.54) is 23.8 Å². The van der Waals surface area contributed by atoms with Crippen LogP contribution in [-0.4, -0.2) is 25.9 Å². The topological polar surface area (TPSA) is 27.7 Å². The standard InChI is InChI=1S/C26H26F4O3/c1-3-5-15-6-9-18(32-13-15)14-33-20-12-17-8-7-16-11-19(31-10-4-2)23(27)25(29)21(16)22(17)26(30)24(20)28/h4,6,11-12,18H,2-3,5,7-10,13-14H2,1H3. The van der Waals surface area contributed by atoms with Crippen LogP contribution in [0.25, 0.3) is 11.1 Å². The summed E-state index contributed by atoms with van der Waals surface area (Å²) in [5, 5.41) is 0. The SMILES string of the molecule is C=CCOc1cc2c(c(F)c1F)-c1c(cc(OCC3CC=C(CCC)CO3)c(F)c1F)CC2. The van der Waals surface area contributed by atoms with Crippen LogP contribution in [0.15, 0.2) is 36.4 Å². The van der Waals surface area contributed by atoms with Crippen molar-refractivity contribution >= 4 is 0 Å². The van der Waals surface area contributed by atoms with Crippen LogP contribution in [-0.2, 0) is 17.6 Å². The molecule has 0 fully saturated rings.